The summed E-state index contributed by atoms with van der Waals surface area (Å²) < 4.78 is 5.38. The number of methoxy groups -OCH3 is 1. The first-order valence-corrected chi connectivity index (χ1v) is 6.67. The number of nitrogens with zero attached hydrogens (tertiary/aromatic N) is 2. The predicted molar refractivity (Wildman–Crippen MR) is 78.5 cm³/mol. The van der Waals surface area contributed by atoms with Crippen molar-refractivity contribution in [1.82, 2.24) is 0 Å². The van der Waals surface area contributed by atoms with Crippen LogP contribution < -0.4 is 0 Å². The molecule has 4 nitrogen and oxygen atoms in total. The number of halogens is 1. The minimum absolute atomic E-state index is 0.0240. The third-order valence-corrected chi connectivity index (χ3v) is 3.16. The Morgan fingerprint density at radius 1 is 1.20 bits per heavy atom. The molecule has 0 radical (unpaired) electrons. The smallest absolute Gasteiger partial charge is 0.337 e. The molecule has 0 saturated heterocycles. The Kier molecular flexibility index (Phi) is 5.49. The Labute approximate surface area is 126 Å². The lowest BCUT2D eigenvalue weighted by molar-refractivity contribution is 0.0600. The molecule has 5 heteroatoms. The minimum Gasteiger partial charge on any atom is -0.465 e. The van der Waals surface area contributed by atoms with Crippen molar-refractivity contribution in [3.63, 3.8) is 0 Å². The fraction of sp³-hybridized carbons (Fsp3) is 0.267. The third-order valence-electron chi connectivity index (χ3n) is 2.70. The highest BCUT2D eigenvalue weighted by molar-refractivity contribution is 9.10. The summed E-state index contributed by atoms with van der Waals surface area (Å²) in [6.07, 6.45) is 0. The monoisotopic (exact) mass is 332 g/mol. The van der Waals surface area contributed by atoms with Crippen molar-refractivity contribution in [1.29, 1.82) is 10.5 Å². The topological polar surface area (TPSA) is 73.9 Å². The Morgan fingerprint density at radius 3 is 2.20 bits per heavy atom. The number of benzene rings is 1. The van der Waals surface area contributed by atoms with Gasteiger partial charge in [0.25, 0.3) is 0 Å². The van der Waals surface area contributed by atoms with Gasteiger partial charge >= 0.3 is 5.97 Å². The SMILES string of the molecule is COC(=O)c1cc(Br)cc(C(=C(C#N)C#N)C(C)C)c1. The molecule has 0 N–H and O–H groups in total. The lowest BCUT2D eigenvalue weighted by Gasteiger charge is -2.13. The summed E-state index contributed by atoms with van der Waals surface area (Å²) in [5, 5.41) is 18.1. The van der Waals surface area contributed by atoms with E-state index in [9.17, 15) is 4.79 Å². The van der Waals surface area contributed by atoms with Crippen molar-refractivity contribution in [2.24, 2.45) is 5.92 Å². The molecule has 20 heavy (non-hydrogen) atoms. The molecule has 0 unspecified atom stereocenters. The first-order chi connectivity index (χ1) is 9.44. The van der Waals surface area contributed by atoms with Gasteiger partial charge in [0.15, 0.2) is 0 Å². The van der Waals surface area contributed by atoms with E-state index < -0.39 is 5.97 Å². The maximum Gasteiger partial charge on any atom is 0.337 e. The molecule has 0 bridgehead atoms. The fourth-order valence-corrected chi connectivity index (χ4v) is 2.39. The van der Waals surface area contributed by atoms with Gasteiger partial charge in [0.05, 0.1) is 12.7 Å². The molecular formula is C15H13BrN2O2. The lowest BCUT2D eigenvalue weighted by Crippen LogP contribution is -2.04. The Balaban J connectivity index is 3.57. The van der Waals surface area contributed by atoms with Crippen LogP contribution in [0, 0.1) is 28.6 Å². The Morgan fingerprint density at radius 2 is 1.75 bits per heavy atom. The van der Waals surface area contributed by atoms with Gasteiger partial charge in [-0.2, -0.15) is 10.5 Å². The molecule has 102 valence electrons. The second-order valence-corrected chi connectivity index (χ2v) is 5.30. The van der Waals surface area contributed by atoms with E-state index in [0.29, 0.717) is 21.2 Å². The van der Waals surface area contributed by atoms with E-state index in [2.05, 4.69) is 15.9 Å². The molecule has 0 aromatic heterocycles. The van der Waals surface area contributed by atoms with Crippen molar-refractivity contribution in [2.45, 2.75) is 13.8 Å². The molecule has 0 aliphatic rings. The van der Waals surface area contributed by atoms with E-state index >= 15 is 0 Å². The highest BCUT2D eigenvalue weighted by atomic mass is 79.9. The molecule has 0 amide bonds. The summed E-state index contributed by atoms with van der Waals surface area (Å²) in [7, 11) is 1.30. The van der Waals surface area contributed by atoms with Crippen molar-refractivity contribution < 1.29 is 9.53 Å². The van der Waals surface area contributed by atoms with Crippen LogP contribution in [0.25, 0.3) is 5.57 Å². The number of esters is 1. The first kappa shape index (κ1) is 15.9. The first-order valence-electron chi connectivity index (χ1n) is 5.88. The van der Waals surface area contributed by atoms with E-state index in [4.69, 9.17) is 15.3 Å². The zero-order valence-electron chi connectivity index (χ0n) is 11.4. The summed E-state index contributed by atoms with van der Waals surface area (Å²) in [4.78, 5) is 11.6. The van der Waals surface area contributed by atoms with Gasteiger partial charge in [-0.1, -0.05) is 29.8 Å². The standard InChI is InChI=1S/C15H13BrN2O2/c1-9(2)14(12(7-17)8-18)10-4-11(15(19)20-3)6-13(16)5-10/h4-6,9H,1-3H3. The van der Waals surface area contributed by atoms with Gasteiger partial charge in [-0.25, -0.2) is 4.79 Å². The molecule has 0 fully saturated rings. The van der Waals surface area contributed by atoms with Crippen molar-refractivity contribution >= 4 is 27.5 Å². The quantitative estimate of drug-likeness (QED) is 0.624. The zero-order valence-corrected chi connectivity index (χ0v) is 13.0. The van der Waals surface area contributed by atoms with E-state index in [1.165, 1.54) is 7.11 Å². The summed E-state index contributed by atoms with van der Waals surface area (Å²) >= 11 is 3.32. The summed E-state index contributed by atoms with van der Waals surface area (Å²) in [6.45, 7) is 3.78. The van der Waals surface area contributed by atoms with E-state index in [0.717, 1.165) is 0 Å². The number of nitriles is 2. The summed E-state index contributed by atoms with van der Waals surface area (Å²) in [6, 6.07) is 8.83. The number of carbonyl (C=O) groups is 1. The molecule has 0 saturated carbocycles. The maximum absolute atomic E-state index is 11.6. The van der Waals surface area contributed by atoms with Crippen molar-refractivity contribution in [3.8, 4) is 12.1 Å². The third kappa shape index (κ3) is 3.46. The molecular weight excluding hydrogens is 320 g/mol. The summed E-state index contributed by atoms with van der Waals surface area (Å²) in [5.41, 5.74) is 1.69. The van der Waals surface area contributed by atoms with E-state index in [-0.39, 0.29) is 11.5 Å². The van der Waals surface area contributed by atoms with Crippen LogP contribution in [0.3, 0.4) is 0 Å². The number of hydrogen-bond acceptors (Lipinski definition) is 4. The van der Waals surface area contributed by atoms with Gasteiger partial charge in [0.2, 0.25) is 0 Å². The van der Waals surface area contributed by atoms with Crippen LogP contribution in [0.2, 0.25) is 0 Å². The van der Waals surface area contributed by atoms with E-state index in [1.54, 1.807) is 18.2 Å². The molecule has 0 aliphatic heterocycles. The highest BCUT2D eigenvalue weighted by Gasteiger charge is 2.16. The normalized spacial score (nSPS) is 9.55. The Hall–Kier alpha value is -2.11. The summed E-state index contributed by atoms with van der Waals surface area (Å²) in [5.74, 6) is -0.491. The average Bonchev–Trinajstić information content (AvgIpc) is 2.42. The van der Waals surface area contributed by atoms with Crippen molar-refractivity contribution in [3.05, 3.63) is 39.4 Å². The molecule has 0 spiro atoms. The largest absolute Gasteiger partial charge is 0.465 e. The second kappa shape index (κ2) is 6.88. The van der Waals surface area contributed by atoms with Crippen LogP contribution in [0.1, 0.15) is 29.8 Å². The molecule has 0 atom stereocenters. The fourth-order valence-electron chi connectivity index (χ4n) is 1.89. The second-order valence-electron chi connectivity index (χ2n) is 4.39. The van der Waals surface area contributed by atoms with Crippen LogP contribution in [0.5, 0.6) is 0 Å². The van der Waals surface area contributed by atoms with Crippen LogP contribution in [-0.4, -0.2) is 13.1 Å². The van der Waals surface area contributed by atoms with Crippen molar-refractivity contribution in [2.75, 3.05) is 7.11 Å². The minimum atomic E-state index is -0.467. The van der Waals surface area contributed by atoms with E-state index in [1.807, 2.05) is 26.0 Å². The Bertz CT molecular complexity index is 633. The molecule has 1 aromatic rings. The number of allylic oxidation sites excluding steroid dienone is 2. The van der Waals surface area contributed by atoms with Crippen LogP contribution in [0.15, 0.2) is 28.2 Å². The molecule has 1 rings (SSSR count). The van der Waals surface area contributed by atoms with Gasteiger partial charge in [-0.15, -0.1) is 0 Å². The van der Waals surface area contributed by atoms with Gasteiger partial charge in [0.1, 0.15) is 17.7 Å². The number of ether oxygens (including phenoxy) is 1. The highest BCUT2D eigenvalue weighted by Crippen LogP contribution is 2.30. The van der Waals surface area contributed by atoms with Gasteiger partial charge in [0, 0.05) is 4.47 Å². The van der Waals surface area contributed by atoms with Crippen LogP contribution in [-0.2, 0) is 4.74 Å². The average molecular weight is 333 g/mol. The lowest BCUT2D eigenvalue weighted by atomic mass is 9.90. The molecule has 1 aromatic carbocycles. The number of hydrogen-bond donors (Lipinski definition) is 0. The van der Waals surface area contributed by atoms with Gasteiger partial charge in [-0.3, -0.25) is 0 Å². The molecule has 0 heterocycles. The zero-order chi connectivity index (χ0) is 15.3. The van der Waals surface area contributed by atoms with Crippen LogP contribution in [0.4, 0.5) is 0 Å². The maximum atomic E-state index is 11.6. The van der Waals surface area contributed by atoms with Gasteiger partial charge < -0.3 is 4.74 Å². The number of rotatable bonds is 3. The van der Waals surface area contributed by atoms with Gasteiger partial charge in [-0.05, 0) is 35.3 Å². The number of carbonyl (C=O) groups excluding carboxylic acids is 1. The van der Waals surface area contributed by atoms with Crippen LogP contribution >= 0.6 is 15.9 Å². The predicted octanol–water partition coefficient (Wildman–Crippen LogP) is 3.69. The molecule has 0 aliphatic carbocycles.